The van der Waals surface area contributed by atoms with Crippen LogP contribution in [0.4, 0.5) is 11.8 Å². The van der Waals surface area contributed by atoms with Crippen LogP contribution in [0, 0.1) is 28.1 Å². The van der Waals surface area contributed by atoms with Gasteiger partial charge in [-0.15, -0.1) is 0 Å². The van der Waals surface area contributed by atoms with Gasteiger partial charge in [-0.25, -0.2) is 4.98 Å². The van der Waals surface area contributed by atoms with Crippen LogP contribution in [0.2, 0.25) is 0 Å². The van der Waals surface area contributed by atoms with Gasteiger partial charge in [0.1, 0.15) is 23.5 Å². The zero-order valence-electron chi connectivity index (χ0n) is 16.1. The number of nitrogens with zero attached hydrogens (tertiary/aromatic N) is 6. The van der Waals surface area contributed by atoms with E-state index in [1.807, 2.05) is 6.07 Å². The Labute approximate surface area is 164 Å². The molecule has 2 heterocycles. The number of nitriles is 2. The van der Waals surface area contributed by atoms with Crippen molar-refractivity contribution in [3.05, 3.63) is 29.7 Å². The summed E-state index contributed by atoms with van der Waals surface area (Å²) in [5, 5.41) is 38.9. The summed E-state index contributed by atoms with van der Waals surface area (Å²) in [7, 11) is 0. The Hall–Kier alpha value is -3.17. The minimum atomic E-state index is -0.313. The predicted molar refractivity (Wildman–Crippen MR) is 103 cm³/mol. The Morgan fingerprint density at radius 3 is 2.79 bits per heavy atom. The van der Waals surface area contributed by atoms with Crippen LogP contribution in [0.1, 0.15) is 44.2 Å². The molecule has 9 heteroatoms. The van der Waals surface area contributed by atoms with Crippen molar-refractivity contribution in [2.45, 2.75) is 51.8 Å². The first-order valence-corrected chi connectivity index (χ1v) is 9.29. The number of hydrogen-bond donors (Lipinski definition) is 3. The van der Waals surface area contributed by atoms with Crippen molar-refractivity contribution in [3.8, 4) is 12.1 Å². The van der Waals surface area contributed by atoms with E-state index in [-0.39, 0.29) is 17.6 Å². The second-order valence-electron chi connectivity index (χ2n) is 7.73. The fourth-order valence-electron chi connectivity index (χ4n) is 3.42. The molecule has 0 bridgehead atoms. The topological polar surface area (TPSA) is 135 Å². The minimum Gasteiger partial charge on any atom is -0.393 e. The monoisotopic (exact) mass is 380 g/mol. The van der Waals surface area contributed by atoms with E-state index >= 15 is 0 Å². The molecule has 0 aromatic carbocycles. The molecule has 9 nitrogen and oxygen atoms in total. The van der Waals surface area contributed by atoms with Crippen LogP contribution in [0.25, 0.3) is 0 Å². The number of aromatic nitrogens is 4. The van der Waals surface area contributed by atoms with Gasteiger partial charge in [-0.1, -0.05) is 13.8 Å². The average Bonchev–Trinajstić information content (AvgIpc) is 3.13. The Kier molecular flexibility index (Phi) is 5.76. The van der Waals surface area contributed by atoms with Crippen molar-refractivity contribution >= 4 is 11.8 Å². The molecule has 1 saturated carbocycles. The molecule has 3 rings (SSSR count). The van der Waals surface area contributed by atoms with Gasteiger partial charge in [-0.05, 0) is 24.7 Å². The zero-order chi connectivity index (χ0) is 20.1. The summed E-state index contributed by atoms with van der Waals surface area (Å²) >= 11 is 0. The Bertz CT molecular complexity index is 907. The molecule has 0 aliphatic heterocycles. The summed E-state index contributed by atoms with van der Waals surface area (Å²) in [5.41, 5.74) is 0.727. The van der Waals surface area contributed by atoms with Crippen LogP contribution in [0.5, 0.6) is 0 Å². The summed E-state index contributed by atoms with van der Waals surface area (Å²) < 4.78 is 1.67. The van der Waals surface area contributed by atoms with Gasteiger partial charge < -0.3 is 15.7 Å². The first kappa shape index (κ1) is 19.6. The molecule has 1 aliphatic carbocycles. The van der Waals surface area contributed by atoms with Gasteiger partial charge in [0.05, 0.1) is 30.6 Å². The first-order valence-electron chi connectivity index (χ1n) is 9.29. The summed E-state index contributed by atoms with van der Waals surface area (Å²) in [6.07, 6.45) is 6.72. The number of aliphatic hydroxyl groups is 1. The lowest BCUT2D eigenvalue weighted by Gasteiger charge is -2.40. The lowest BCUT2D eigenvalue weighted by molar-refractivity contribution is 0.00926. The summed E-state index contributed by atoms with van der Waals surface area (Å²) in [6.45, 7) is 5.19. The molecular formula is C19H24N8O. The first-order chi connectivity index (χ1) is 13.4. The number of nitrogens with one attached hydrogen (secondary N) is 2. The second-order valence-corrected chi connectivity index (χ2v) is 7.73. The van der Waals surface area contributed by atoms with Crippen molar-refractivity contribution < 1.29 is 5.11 Å². The molecule has 2 aromatic rings. The molecule has 0 amide bonds. The van der Waals surface area contributed by atoms with Crippen molar-refractivity contribution in [2.24, 2.45) is 5.41 Å². The molecule has 0 unspecified atom stereocenters. The van der Waals surface area contributed by atoms with E-state index in [2.05, 4.69) is 45.6 Å². The third kappa shape index (κ3) is 4.56. The van der Waals surface area contributed by atoms with Gasteiger partial charge in [-0.3, -0.25) is 4.68 Å². The number of rotatable bonds is 6. The van der Waals surface area contributed by atoms with Gasteiger partial charge >= 0.3 is 0 Å². The molecule has 0 spiro atoms. The highest BCUT2D eigenvalue weighted by molar-refractivity contribution is 5.54. The van der Waals surface area contributed by atoms with Crippen LogP contribution in [-0.4, -0.2) is 43.5 Å². The smallest absolute Gasteiger partial charge is 0.224 e. The molecule has 0 saturated heterocycles. The van der Waals surface area contributed by atoms with Gasteiger partial charge in [0.25, 0.3) is 0 Å². The van der Waals surface area contributed by atoms with Crippen molar-refractivity contribution in [3.63, 3.8) is 0 Å². The highest BCUT2D eigenvalue weighted by Gasteiger charge is 2.35. The zero-order valence-corrected chi connectivity index (χ0v) is 16.1. The quantitative estimate of drug-likeness (QED) is 0.691. The molecule has 2 aromatic heterocycles. The fraction of sp³-hybridized carbons (Fsp3) is 0.526. The summed E-state index contributed by atoms with van der Waals surface area (Å²) in [4.78, 5) is 8.65. The van der Waals surface area contributed by atoms with Crippen LogP contribution in [-0.2, 0) is 6.54 Å². The Morgan fingerprint density at radius 2 is 2.11 bits per heavy atom. The predicted octanol–water partition coefficient (Wildman–Crippen LogP) is 1.88. The number of hydrogen-bond acceptors (Lipinski definition) is 8. The van der Waals surface area contributed by atoms with E-state index in [9.17, 15) is 10.4 Å². The molecular weight excluding hydrogens is 356 g/mol. The minimum absolute atomic E-state index is 0.140. The maximum atomic E-state index is 10.1. The number of aliphatic hydroxyl groups excluding tert-OH is 1. The van der Waals surface area contributed by atoms with Crippen LogP contribution >= 0.6 is 0 Å². The summed E-state index contributed by atoms with van der Waals surface area (Å²) in [5.74, 6) is 0.923. The van der Waals surface area contributed by atoms with E-state index in [0.717, 1.165) is 19.3 Å². The molecule has 1 fully saturated rings. The average molecular weight is 380 g/mol. The second kappa shape index (κ2) is 8.24. The fourth-order valence-corrected chi connectivity index (χ4v) is 3.42. The van der Waals surface area contributed by atoms with Crippen molar-refractivity contribution in [2.75, 3.05) is 17.2 Å². The summed E-state index contributed by atoms with van der Waals surface area (Å²) in [6, 6.07) is 4.30. The van der Waals surface area contributed by atoms with Gasteiger partial charge in [0.2, 0.25) is 5.95 Å². The van der Waals surface area contributed by atoms with E-state index in [0.29, 0.717) is 36.0 Å². The number of anilines is 2. The normalized spacial score (nSPS) is 20.8. The maximum absolute atomic E-state index is 10.1. The third-order valence-electron chi connectivity index (χ3n) is 5.10. The maximum Gasteiger partial charge on any atom is 0.224 e. The van der Waals surface area contributed by atoms with Gasteiger partial charge in [-0.2, -0.15) is 20.6 Å². The lowest BCUT2D eigenvalue weighted by atomic mass is 9.73. The van der Waals surface area contributed by atoms with E-state index < -0.39 is 0 Å². The molecule has 146 valence electrons. The molecule has 28 heavy (non-hydrogen) atoms. The highest BCUT2D eigenvalue weighted by Crippen LogP contribution is 2.36. The van der Waals surface area contributed by atoms with Crippen molar-refractivity contribution in [1.82, 2.24) is 19.7 Å². The molecule has 3 N–H and O–H groups in total. The van der Waals surface area contributed by atoms with Crippen LogP contribution < -0.4 is 10.6 Å². The van der Waals surface area contributed by atoms with E-state index in [1.54, 1.807) is 10.9 Å². The van der Waals surface area contributed by atoms with Crippen molar-refractivity contribution in [1.29, 1.82) is 10.5 Å². The standard InChI is InChI=1S/C19H24N8O/c1-19(2)7-15(3-4-16(19)28)25-17-14(9-21)11-23-18(26-17)22-5-6-27-12-13(8-20)10-24-27/h10-12,15-16,28H,3-7H2,1-2H3,(H2,22,23,25,26)/t15-,16+/m1/s1. The highest BCUT2D eigenvalue weighted by atomic mass is 16.3. The Morgan fingerprint density at radius 1 is 1.29 bits per heavy atom. The Balaban J connectivity index is 1.63. The molecule has 1 aliphatic rings. The lowest BCUT2D eigenvalue weighted by Crippen LogP contribution is -2.41. The van der Waals surface area contributed by atoms with Gasteiger partial charge in [0, 0.05) is 18.8 Å². The van der Waals surface area contributed by atoms with Gasteiger partial charge in [0.15, 0.2) is 0 Å². The molecule has 2 atom stereocenters. The SMILES string of the molecule is CC1(C)C[C@H](Nc2nc(NCCn3cc(C#N)cn3)ncc2C#N)CC[C@@H]1O. The van der Waals surface area contributed by atoms with E-state index in [1.165, 1.54) is 12.4 Å². The van der Waals surface area contributed by atoms with Crippen LogP contribution in [0.15, 0.2) is 18.6 Å². The largest absolute Gasteiger partial charge is 0.393 e. The van der Waals surface area contributed by atoms with E-state index in [4.69, 9.17) is 5.26 Å². The molecule has 0 radical (unpaired) electrons. The van der Waals surface area contributed by atoms with Crippen LogP contribution in [0.3, 0.4) is 0 Å². The third-order valence-corrected chi connectivity index (χ3v) is 5.10.